The maximum atomic E-state index is 4.38. The number of guanidine groups is 1. The molecule has 142 valence electrons. The Hall–Kier alpha value is -0.0800. The largest absolute Gasteiger partial charge is 0.355 e. The van der Waals surface area contributed by atoms with Crippen LogP contribution in [0.3, 0.4) is 0 Å². The summed E-state index contributed by atoms with van der Waals surface area (Å²) < 4.78 is 0. The zero-order valence-corrected chi connectivity index (χ0v) is 18.4. The monoisotopic (exact) mass is 451 g/mol. The van der Waals surface area contributed by atoms with E-state index in [2.05, 4.69) is 46.2 Å². The van der Waals surface area contributed by atoms with Crippen molar-refractivity contribution in [2.24, 2.45) is 4.99 Å². The summed E-state index contributed by atoms with van der Waals surface area (Å²) >= 11 is 0. The molecule has 2 fully saturated rings. The fourth-order valence-electron chi connectivity index (χ4n) is 3.49. The van der Waals surface area contributed by atoms with E-state index < -0.39 is 0 Å². The standard InChI is InChI=1S/C18H37N5.HI/c1-5-22(16-9-10-16)14-11-20-17(19-4)21-15-18(2,3)23-12-7-6-8-13-23;/h16H,5-15H2,1-4H3,(H2,19,20,21);1H. The Kier molecular flexibility index (Phi) is 9.89. The van der Waals surface area contributed by atoms with Gasteiger partial charge in [0, 0.05) is 38.3 Å². The highest BCUT2D eigenvalue weighted by atomic mass is 127. The van der Waals surface area contributed by atoms with Crippen LogP contribution in [0.5, 0.6) is 0 Å². The summed E-state index contributed by atoms with van der Waals surface area (Å²) in [6, 6.07) is 0.842. The van der Waals surface area contributed by atoms with E-state index in [-0.39, 0.29) is 29.5 Å². The minimum absolute atomic E-state index is 0. The lowest BCUT2D eigenvalue weighted by Crippen LogP contribution is -2.55. The van der Waals surface area contributed by atoms with E-state index in [4.69, 9.17) is 0 Å². The third-order valence-electron chi connectivity index (χ3n) is 5.29. The first-order chi connectivity index (χ1) is 11.1. The smallest absolute Gasteiger partial charge is 0.191 e. The number of rotatable bonds is 8. The molecule has 2 aliphatic rings. The molecule has 1 aliphatic heterocycles. The molecule has 0 spiro atoms. The van der Waals surface area contributed by atoms with Crippen LogP contribution in [0.15, 0.2) is 4.99 Å². The number of nitrogens with zero attached hydrogens (tertiary/aromatic N) is 3. The Morgan fingerprint density at radius 3 is 2.38 bits per heavy atom. The molecule has 0 radical (unpaired) electrons. The van der Waals surface area contributed by atoms with Crippen molar-refractivity contribution in [3.05, 3.63) is 0 Å². The molecule has 1 saturated heterocycles. The number of halogens is 1. The minimum Gasteiger partial charge on any atom is -0.355 e. The van der Waals surface area contributed by atoms with Gasteiger partial charge in [-0.15, -0.1) is 24.0 Å². The van der Waals surface area contributed by atoms with Crippen molar-refractivity contribution in [3.63, 3.8) is 0 Å². The first-order valence-corrected chi connectivity index (χ1v) is 9.50. The second-order valence-corrected chi connectivity index (χ2v) is 7.57. The van der Waals surface area contributed by atoms with E-state index in [0.717, 1.165) is 38.2 Å². The zero-order chi connectivity index (χ0) is 16.7. The Bertz CT molecular complexity index is 376. The van der Waals surface area contributed by atoms with Gasteiger partial charge in [0.25, 0.3) is 0 Å². The predicted octanol–water partition coefficient (Wildman–Crippen LogP) is 2.52. The van der Waals surface area contributed by atoms with Gasteiger partial charge in [0.1, 0.15) is 0 Å². The van der Waals surface area contributed by atoms with Crippen molar-refractivity contribution >= 4 is 29.9 Å². The van der Waals surface area contributed by atoms with Crippen LogP contribution in [-0.4, -0.2) is 73.7 Å². The molecule has 0 aromatic rings. The molecule has 0 bridgehead atoms. The lowest BCUT2D eigenvalue weighted by atomic mass is 9.98. The maximum absolute atomic E-state index is 4.38. The van der Waals surface area contributed by atoms with Crippen molar-refractivity contribution < 1.29 is 0 Å². The quantitative estimate of drug-likeness (QED) is 0.338. The van der Waals surface area contributed by atoms with Gasteiger partial charge in [0.05, 0.1) is 0 Å². The molecule has 0 unspecified atom stereocenters. The van der Waals surface area contributed by atoms with Crippen LogP contribution in [0.1, 0.15) is 52.9 Å². The first kappa shape index (κ1) is 22.0. The van der Waals surface area contributed by atoms with Crippen molar-refractivity contribution in [2.45, 2.75) is 64.5 Å². The van der Waals surface area contributed by atoms with Gasteiger partial charge in [-0.3, -0.25) is 14.8 Å². The Balaban J connectivity index is 0.00000288. The molecule has 0 atom stereocenters. The van der Waals surface area contributed by atoms with Gasteiger partial charge in [0.2, 0.25) is 0 Å². The molecular formula is C18H38IN5. The molecule has 0 amide bonds. The molecule has 1 saturated carbocycles. The van der Waals surface area contributed by atoms with Gasteiger partial charge in [-0.05, 0) is 59.2 Å². The van der Waals surface area contributed by atoms with Gasteiger partial charge in [0.15, 0.2) is 5.96 Å². The van der Waals surface area contributed by atoms with Gasteiger partial charge in [-0.2, -0.15) is 0 Å². The zero-order valence-electron chi connectivity index (χ0n) is 16.1. The summed E-state index contributed by atoms with van der Waals surface area (Å²) in [6.07, 6.45) is 6.82. The number of hydrogen-bond donors (Lipinski definition) is 2. The highest BCUT2D eigenvalue weighted by Crippen LogP contribution is 2.25. The van der Waals surface area contributed by atoms with Crippen LogP contribution >= 0.6 is 24.0 Å². The number of piperidine rings is 1. The molecule has 2 rings (SSSR count). The summed E-state index contributed by atoms with van der Waals surface area (Å²) in [5.74, 6) is 0.932. The Morgan fingerprint density at radius 2 is 1.83 bits per heavy atom. The number of nitrogens with one attached hydrogen (secondary N) is 2. The van der Waals surface area contributed by atoms with E-state index in [1.807, 2.05) is 7.05 Å². The van der Waals surface area contributed by atoms with E-state index in [9.17, 15) is 0 Å². The van der Waals surface area contributed by atoms with Crippen LogP contribution in [-0.2, 0) is 0 Å². The van der Waals surface area contributed by atoms with Crippen molar-refractivity contribution in [1.29, 1.82) is 0 Å². The van der Waals surface area contributed by atoms with Crippen molar-refractivity contribution in [3.8, 4) is 0 Å². The first-order valence-electron chi connectivity index (χ1n) is 9.50. The minimum atomic E-state index is 0. The fraction of sp³-hybridized carbons (Fsp3) is 0.944. The average Bonchev–Trinajstić information content (AvgIpc) is 3.40. The molecule has 5 nitrogen and oxygen atoms in total. The Morgan fingerprint density at radius 1 is 1.17 bits per heavy atom. The summed E-state index contributed by atoms with van der Waals surface area (Å²) in [5, 5.41) is 6.99. The lowest BCUT2D eigenvalue weighted by Gasteiger charge is -2.41. The van der Waals surface area contributed by atoms with Gasteiger partial charge < -0.3 is 10.6 Å². The summed E-state index contributed by atoms with van der Waals surface area (Å²) in [4.78, 5) is 9.56. The fourth-order valence-corrected chi connectivity index (χ4v) is 3.49. The predicted molar refractivity (Wildman–Crippen MR) is 115 cm³/mol. The SMILES string of the molecule is CCN(CCNC(=NC)NCC(C)(C)N1CCCCC1)C1CC1.I. The third kappa shape index (κ3) is 7.04. The third-order valence-corrected chi connectivity index (χ3v) is 5.29. The molecule has 1 heterocycles. The molecule has 6 heteroatoms. The average molecular weight is 451 g/mol. The lowest BCUT2D eigenvalue weighted by molar-refractivity contribution is 0.0982. The van der Waals surface area contributed by atoms with E-state index >= 15 is 0 Å². The van der Waals surface area contributed by atoms with Crippen LogP contribution in [0.4, 0.5) is 0 Å². The highest BCUT2D eigenvalue weighted by Gasteiger charge is 2.28. The molecular weight excluding hydrogens is 413 g/mol. The number of likely N-dealkylation sites (N-methyl/N-ethyl adjacent to an activating group) is 1. The molecule has 24 heavy (non-hydrogen) atoms. The number of hydrogen-bond acceptors (Lipinski definition) is 3. The van der Waals surface area contributed by atoms with Crippen LogP contribution in [0, 0.1) is 0 Å². The highest BCUT2D eigenvalue weighted by molar-refractivity contribution is 14.0. The van der Waals surface area contributed by atoms with Crippen LogP contribution in [0.2, 0.25) is 0 Å². The van der Waals surface area contributed by atoms with E-state index in [1.165, 1.54) is 45.2 Å². The Labute approximate surface area is 166 Å². The number of aliphatic imine (C=N–C) groups is 1. The summed E-state index contributed by atoms with van der Waals surface area (Å²) in [7, 11) is 1.86. The summed E-state index contributed by atoms with van der Waals surface area (Å²) in [6.45, 7) is 13.6. The second kappa shape index (κ2) is 10.8. The van der Waals surface area contributed by atoms with Gasteiger partial charge >= 0.3 is 0 Å². The van der Waals surface area contributed by atoms with Crippen LogP contribution in [0.25, 0.3) is 0 Å². The van der Waals surface area contributed by atoms with Gasteiger partial charge in [-0.1, -0.05) is 13.3 Å². The second-order valence-electron chi connectivity index (χ2n) is 7.57. The molecule has 0 aromatic heterocycles. The molecule has 1 aliphatic carbocycles. The van der Waals surface area contributed by atoms with Crippen LogP contribution < -0.4 is 10.6 Å². The number of likely N-dealkylation sites (tertiary alicyclic amines) is 1. The van der Waals surface area contributed by atoms with Crippen molar-refractivity contribution in [1.82, 2.24) is 20.4 Å². The van der Waals surface area contributed by atoms with Crippen molar-refractivity contribution in [2.75, 3.05) is 46.3 Å². The van der Waals surface area contributed by atoms with E-state index in [1.54, 1.807) is 0 Å². The van der Waals surface area contributed by atoms with Gasteiger partial charge in [-0.25, -0.2) is 0 Å². The van der Waals surface area contributed by atoms with E-state index in [0.29, 0.717) is 0 Å². The summed E-state index contributed by atoms with van der Waals surface area (Å²) in [5.41, 5.74) is 0.182. The topological polar surface area (TPSA) is 42.9 Å². The molecule has 0 aromatic carbocycles. The molecule has 2 N–H and O–H groups in total. The normalized spacial score (nSPS) is 20.0. The maximum Gasteiger partial charge on any atom is 0.191 e.